The van der Waals surface area contributed by atoms with Crippen LogP contribution in [0.3, 0.4) is 0 Å². The molecule has 0 amide bonds. The van der Waals surface area contributed by atoms with E-state index >= 15 is 0 Å². The third-order valence-corrected chi connectivity index (χ3v) is 4.61. The average Bonchev–Trinajstić information content (AvgIpc) is 2.54. The highest BCUT2D eigenvalue weighted by molar-refractivity contribution is 5.45. The molecular formula is C16H23NO3. The average molecular weight is 277 g/mol. The molecule has 2 aliphatic rings. The lowest BCUT2D eigenvalue weighted by molar-refractivity contribution is -0.105. The molecule has 3 rings (SSSR count). The molecule has 4 heteroatoms. The number of aryl methyl sites for hydroxylation is 1. The van der Waals surface area contributed by atoms with Crippen LogP contribution >= 0.6 is 0 Å². The van der Waals surface area contributed by atoms with Gasteiger partial charge in [-0.3, -0.25) is 0 Å². The minimum absolute atomic E-state index is 0.176. The highest BCUT2D eigenvalue weighted by Crippen LogP contribution is 2.41. The Morgan fingerprint density at radius 1 is 1.25 bits per heavy atom. The Hall–Kier alpha value is -1.10. The molecule has 2 heterocycles. The first-order valence-electron chi connectivity index (χ1n) is 7.40. The van der Waals surface area contributed by atoms with Crippen LogP contribution in [0.25, 0.3) is 0 Å². The van der Waals surface area contributed by atoms with Crippen molar-refractivity contribution in [2.45, 2.75) is 37.3 Å². The maximum absolute atomic E-state index is 6.58. The molecule has 0 saturated carbocycles. The van der Waals surface area contributed by atoms with E-state index in [1.54, 1.807) is 7.11 Å². The smallest absolute Gasteiger partial charge is 0.127 e. The number of hydrogen-bond donors (Lipinski definition) is 1. The Morgan fingerprint density at radius 2 is 2.05 bits per heavy atom. The molecule has 1 aromatic rings. The molecule has 1 unspecified atom stereocenters. The van der Waals surface area contributed by atoms with E-state index < -0.39 is 0 Å². The third-order valence-electron chi connectivity index (χ3n) is 4.61. The van der Waals surface area contributed by atoms with Gasteiger partial charge in [-0.25, -0.2) is 0 Å². The van der Waals surface area contributed by atoms with Crippen LogP contribution < -0.4 is 10.5 Å². The van der Waals surface area contributed by atoms with E-state index in [9.17, 15) is 0 Å². The molecule has 2 aliphatic heterocycles. The second-order valence-corrected chi connectivity index (χ2v) is 5.65. The molecule has 0 spiro atoms. The number of rotatable bonds is 3. The van der Waals surface area contributed by atoms with Crippen molar-refractivity contribution >= 4 is 0 Å². The first-order valence-corrected chi connectivity index (χ1v) is 7.40. The van der Waals surface area contributed by atoms with Gasteiger partial charge in [-0.05, 0) is 18.4 Å². The molecule has 4 nitrogen and oxygen atoms in total. The molecule has 2 N–H and O–H groups in total. The summed E-state index contributed by atoms with van der Waals surface area (Å²) in [5.41, 5.74) is 8.58. The van der Waals surface area contributed by atoms with Crippen molar-refractivity contribution in [1.82, 2.24) is 0 Å². The van der Waals surface area contributed by atoms with Crippen LogP contribution in [0.4, 0.5) is 0 Å². The number of methoxy groups -OCH3 is 1. The van der Waals surface area contributed by atoms with Gasteiger partial charge in [-0.1, -0.05) is 18.2 Å². The van der Waals surface area contributed by atoms with Crippen molar-refractivity contribution in [3.05, 3.63) is 29.3 Å². The normalized spacial score (nSPS) is 22.7. The number of ether oxygens (including phenoxy) is 3. The summed E-state index contributed by atoms with van der Waals surface area (Å²) < 4.78 is 17.2. The van der Waals surface area contributed by atoms with Crippen LogP contribution in [0, 0.1) is 0 Å². The topological polar surface area (TPSA) is 53.7 Å². The van der Waals surface area contributed by atoms with Crippen LogP contribution in [0.2, 0.25) is 0 Å². The van der Waals surface area contributed by atoms with Gasteiger partial charge in [0.2, 0.25) is 0 Å². The quantitative estimate of drug-likeness (QED) is 0.920. The number of hydrogen-bond acceptors (Lipinski definition) is 4. The van der Waals surface area contributed by atoms with Crippen molar-refractivity contribution < 1.29 is 14.2 Å². The van der Waals surface area contributed by atoms with Gasteiger partial charge in [0.1, 0.15) is 5.75 Å². The number of benzene rings is 1. The number of fused-ring (bicyclic) bond motifs is 1. The molecule has 1 atom stereocenters. The molecule has 110 valence electrons. The zero-order valence-electron chi connectivity index (χ0n) is 12.1. The SMILES string of the molecule is COC1(C(N)c2cccc3c2OCCC3)CCOCC1. The van der Waals surface area contributed by atoms with E-state index in [2.05, 4.69) is 18.2 Å². The van der Waals surface area contributed by atoms with Gasteiger partial charge in [0.25, 0.3) is 0 Å². The van der Waals surface area contributed by atoms with Crippen molar-refractivity contribution in [2.24, 2.45) is 5.73 Å². The molecule has 1 saturated heterocycles. The molecule has 20 heavy (non-hydrogen) atoms. The Bertz CT molecular complexity index is 469. The number of para-hydroxylation sites is 1. The van der Waals surface area contributed by atoms with Gasteiger partial charge < -0.3 is 19.9 Å². The summed E-state index contributed by atoms with van der Waals surface area (Å²) in [6.07, 6.45) is 3.80. The zero-order chi connectivity index (χ0) is 14.0. The lowest BCUT2D eigenvalue weighted by Gasteiger charge is -2.41. The summed E-state index contributed by atoms with van der Waals surface area (Å²) in [7, 11) is 1.75. The predicted molar refractivity (Wildman–Crippen MR) is 77.0 cm³/mol. The summed E-state index contributed by atoms with van der Waals surface area (Å²) in [6.45, 7) is 2.19. The molecular weight excluding hydrogens is 254 g/mol. The maximum Gasteiger partial charge on any atom is 0.127 e. The van der Waals surface area contributed by atoms with Crippen molar-refractivity contribution in [2.75, 3.05) is 26.9 Å². The first kappa shape index (κ1) is 13.9. The third kappa shape index (κ3) is 2.32. The summed E-state index contributed by atoms with van der Waals surface area (Å²) >= 11 is 0. The van der Waals surface area contributed by atoms with Crippen molar-refractivity contribution in [3.63, 3.8) is 0 Å². The van der Waals surface area contributed by atoms with Gasteiger partial charge in [0.15, 0.2) is 0 Å². The maximum atomic E-state index is 6.58. The largest absolute Gasteiger partial charge is 0.493 e. The van der Waals surface area contributed by atoms with Crippen molar-refractivity contribution in [1.29, 1.82) is 0 Å². The first-order chi connectivity index (χ1) is 9.77. The Balaban J connectivity index is 1.95. The van der Waals surface area contributed by atoms with Crippen LogP contribution in [-0.2, 0) is 15.9 Å². The Morgan fingerprint density at radius 3 is 2.80 bits per heavy atom. The molecule has 1 fully saturated rings. The molecule has 0 aromatic heterocycles. The van der Waals surface area contributed by atoms with Gasteiger partial charge >= 0.3 is 0 Å². The van der Waals surface area contributed by atoms with Crippen LogP contribution in [-0.4, -0.2) is 32.5 Å². The van der Waals surface area contributed by atoms with Gasteiger partial charge in [0.05, 0.1) is 18.2 Å². The van der Waals surface area contributed by atoms with Crippen LogP contribution in [0.1, 0.15) is 36.4 Å². The molecule has 1 aromatic carbocycles. The minimum atomic E-state index is -0.339. The van der Waals surface area contributed by atoms with E-state index in [0.717, 1.165) is 43.6 Å². The monoisotopic (exact) mass is 277 g/mol. The highest BCUT2D eigenvalue weighted by atomic mass is 16.5. The lowest BCUT2D eigenvalue weighted by atomic mass is 9.81. The van der Waals surface area contributed by atoms with E-state index in [1.807, 2.05) is 0 Å². The Kier molecular flexibility index (Phi) is 3.96. The highest BCUT2D eigenvalue weighted by Gasteiger charge is 2.41. The van der Waals surface area contributed by atoms with E-state index in [0.29, 0.717) is 13.2 Å². The fraction of sp³-hybridized carbons (Fsp3) is 0.625. The summed E-state index contributed by atoms with van der Waals surface area (Å²) in [6, 6.07) is 6.11. The predicted octanol–water partition coefficient (Wildman–Crippen LogP) is 2.21. The summed E-state index contributed by atoms with van der Waals surface area (Å²) in [5.74, 6) is 0.981. The summed E-state index contributed by atoms with van der Waals surface area (Å²) in [5, 5.41) is 0. The van der Waals surface area contributed by atoms with Gasteiger partial charge in [-0.2, -0.15) is 0 Å². The second kappa shape index (κ2) is 5.72. The van der Waals surface area contributed by atoms with E-state index in [-0.39, 0.29) is 11.6 Å². The molecule has 0 radical (unpaired) electrons. The standard InChI is InChI=1S/C16H23NO3/c1-18-16(7-10-19-11-8-16)15(17)13-6-2-4-12-5-3-9-20-14(12)13/h2,4,6,15H,3,5,7-11,17H2,1H3. The van der Waals surface area contributed by atoms with E-state index in [1.165, 1.54) is 5.56 Å². The number of nitrogens with two attached hydrogens (primary N) is 1. The van der Waals surface area contributed by atoms with Crippen LogP contribution in [0.5, 0.6) is 5.75 Å². The lowest BCUT2D eigenvalue weighted by Crippen LogP contribution is -2.47. The fourth-order valence-corrected chi connectivity index (χ4v) is 3.30. The molecule has 0 aliphatic carbocycles. The molecule has 0 bridgehead atoms. The minimum Gasteiger partial charge on any atom is -0.493 e. The second-order valence-electron chi connectivity index (χ2n) is 5.65. The zero-order valence-corrected chi connectivity index (χ0v) is 12.1. The summed E-state index contributed by atoms with van der Waals surface area (Å²) in [4.78, 5) is 0. The van der Waals surface area contributed by atoms with E-state index in [4.69, 9.17) is 19.9 Å². The van der Waals surface area contributed by atoms with Gasteiger partial charge in [-0.15, -0.1) is 0 Å². The van der Waals surface area contributed by atoms with Gasteiger partial charge in [0, 0.05) is 38.7 Å². The van der Waals surface area contributed by atoms with Crippen LogP contribution in [0.15, 0.2) is 18.2 Å². The van der Waals surface area contributed by atoms with Crippen molar-refractivity contribution in [3.8, 4) is 5.75 Å². The fourth-order valence-electron chi connectivity index (χ4n) is 3.30. The Labute approximate surface area is 120 Å².